The first kappa shape index (κ1) is 19.6. The highest BCUT2D eigenvalue weighted by atomic mass is 32.1. The maximum absolute atomic E-state index is 13.1. The van der Waals surface area contributed by atoms with Crippen molar-refractivity contribution in [3.63, 3.8) is 0 Å². The second kappa shape index (κ2) is 9.19. The molecule has 3 rings (SSSR count). The maximum atomic E-state index is 13.1. The lowest BCUT2D eigenvalue weighted by atomic mass is 10.0. The molecule has 6 heteroatoms. The Morgan fingerprint density at radius 1 is 1.04 bits per heavy atom. The average Bonchev–Trinajstić information content (AvgIpc) is 3.22. The molecule has 0 spiro atoms. The predicted molar refractivity (Wildman–Crippen MR) is 112 cm³/mol. The predicted octanol–water partition coefficient (Wildman–Crippen LogP) is 4.14. The number of likely N-dealkylation sites (N-methyl/N-ethyl adjacent to an activating group) is 1. The molecule has 2 amide bonds. The molecular formula is C22H22N2O3S. The molecule has 0 saturated heterocycles. The molecule has 1 N–H and O–H groups in total. The normalized spacial score (nSPS) is 11.5. The molecule has 0 aliphatic heterocycles. The summed E-state index contributed by atoms with van der Waals surface area (Å²) in [6.07, 6.45) is 0.271. The largest absolute Gasteiger partial charge is 0.497 e. The number of methoxy groups -OCH3 is 1. The number of nitrogens with one attached hydrogen (secondary N) is 1. The van der Waals surface area contributed by atoms with E-state index in [0.717, 1.165) is 10.4 Å². The fourth-order valence-electron chi connectivity index (χ4n) is 2.90. The van der Waals surface area contributed by atoms with Gasteiger partial charge in [0.05, 0.1) is 13.5 Å². The molecule has 0 bridgehead atoms. The number of nitrogens with zero attached hydrogens (tertiary/aromatic N) is 1. The number of carbonyl (C=O) groups excluding carboxylic acids is 2. The highest BCUT2D eigenvalue weighted by Crippen LogP contribution is 2.24. The molecule has 28 heavy (non-hydrogen) atoms. The van der Waals surface area contributed by atoms with Crippen LogP contribution in [0.4, 0.5) is 5.69 Å². The number of hydrogen-bond donors (Lipinski definition) is 1. The molecule has 1 aromatic heterocycles. The van der Waals surface area contributed by atoms with Gasteiger partial charge in [0.15, 0.2) is 0 Å². The molecule has 3 aromatic rings. The van der Waals surface area contributed by atoms with Crippen LogP contribution in [0.2, 0.25) is 0 Å². The van der Waals surface area contributed by atoms with Crippen molar-refractivity contribution in [2.24, 2.45) is 0 Å². The number of hydrogen-bond acceptors (Lipinski definition) is 4. The quantitative estimate of drug-likeness (QED) is 0.655. The lowest BCUT2D eigenvalue weighted by Crippen LogP contribution is -2.39. The van der Waals surface area contributed by atoms with E-state index in [2.05, 4.69) is 5.32 Å². The third-order valence-electron chi connectivity index (χ3n) is 4.41. The number of carbonyl (C=O) groups is 2. The zero-order chi connectivity index (χ0) is 19.9. The van der Waals surface area contributed by atoms with Gasteiger partial charge in [-0.3, -0.25) is 9.59 Å². The summed E-state index contributed by atoms with van der Waals surface area (Å²) < 4.78 is 5.15. The van der Waals surface area contributed by atoms with Crippen molar-refractivity contribution >= 4 is 28.8 Å². The summed E-state index contributed by atoms with van der Waals surface area (Å²) in [7, 11) is 3.26. The molecule has 0 fully saturated rings. The smallest absolute Gasteiger partial charge is 0.251 e. The standard InChI is InChI=1S/C22H22N2O3S/c1-24(20(25)15-19-9-6-14-28-19)21(16-7-4-3-5-8-16)22(26)23-17-10-12-18(27-2)13-11-17/h3-14,21H,15H2,1-2H3,(H,23,26)/t21-/m0/s1. The van der Waals surface area contributed by atoms with Gasteiger partial charge in [0.25, 0.3) is 5.91 Å². The Kier molecular flexibility index (Phi) is 6.45. The Hall–Kier alpha value is -3.12. The van der Waals surface area contributed by atoms with Crippen LogP contribution in [0, 0.1) is 0 Å². The fourth-order valence-corrected chi connectivity index (χ4v) is 3.60. The molecule has 1 heterocycles. The van der Waals surface area contributed by atoms with Gasteiger partial charge in [0.1, 0.15) is 11.8 Å². The van der Waals surface area contributed by atoms with Crippen LogP contribution in [0.15, 0.2) is 72.1 Å². The van der Waals surface area contributed by atoms with E-state index in [-0.39, 0.29) is 18.2 Å². The van der Waals surface area contributed by atoms with Gasteiger partial charge >= 0.3 is 0 Å². The van der Waals surface area contributed by atoms with Gasteiger partial charge in [-0.25, -0.2) is 0 Å². The lowest BCUT2D eigenvalue weighted by molar-refractivity contribution is -0.136. The molecule has 0 unspecified atom stereocenters. The van der Waals surface area contributed by atoms with E-state index in [1.165, 1.54) is 16.2 Å². The molecule has 0 aliphatic carbocycles. The summed E-state index contributed by atoms with van der Waals surface area (Å²) in [4.78, 5) is 28.4. The van der Waals surface area contributed by atoms with E-state index >= 15 is 0 Å². The first-order valence-electron chi connectivity index (χ1n) is 8.86. The van der Waals surface area contributed by atoms with Gasteiger partial charge < -0.3 is 15.0 Å². The van der Waals surface area contributed by atoms with Crippen LogP contribution < -0.4 is 10.1 Å². The van der Waals surface area contributed by atoms with Gasteiger partial charge in [-0.2, -0.15) is 0 Å². The Balaban J connectivity index is 1.81. The van der Waals surface area contributed by atoms with E-state index in [9.17, 15) is 9.59 Å². The van der Waals surface area contributed by atoms with E-state index in [1.807, 2.05) is 47.8 Å². The fraction of sp³-hybridized carbons (Fsp3) is 0.182. The SMILES string of the molecule is COc1ccc(NC(=O)[C@H](c2ccccc2)N(C)C(=O)Cc2cccs2)cc1. The van der Waals surface area contributed by atoms with E-state index in [1.54, 1.807) is 38.4 Å². The number of amides is 2. The van der Waals surface area contributed by atoms with Gasteiger partial charge in [-0.15, -0.1) is 11.3 Å². The Labute approximate surface area is 168 Å². The summed E-state index contributed by atoms with van der Waals surface area (Å²) in [5, 5.41) is 4.84. The molecule has 0 saturated carbocycles. The van der Waals surface area contributed by atoms with Gasteiger partial charge in [0.2, 0.25) is 5.91 Å². The van der Waals surface area contributed by atoms with Crippen molar-refractivity contribution in [1.29, 1.82) is 0 Å². The van der Waals surface area contributed by atoms with E-state index in [0.29, 0.717) is 11.4 Å². The van der Waals surface area contributed by atoms with Crippen molar-refractivity contribution in [1.82, 2.24) is 4.90 Å². The molecule has 1 atom stereocenters. The topological polar surface area (TPSA) is 58.6 Å². The summed E-state index contributed by atoms with van der Waals surface area (Å²) >= 11 is 1.53. The van der Waals surface area contributed by atoms with Crippen LogP contribution >= 0.6 is 11.3 Å². The van der Waals surface area contributed by atoms with Crippen LogP contribution in [-0.2, 0) is 16.0 Å². The van der Waals surface area contributed by atoms with Crippen LogP contribution in [0.5, 0.6) is 5.75 Å². The van der Waals surface area contributed by atoms with Gasteiger partial charge in [-0.1, -0.05) is 36.4 Å². The number of anilines is 1. The average molecular weight is 394 g/mol. The van der Waals surface area contributed by atoms with Crippen molar-refractivity contribution in [3.05, 3.63) is 82.6 Å². The summed E-state index contributed by atoms with van der Waals surface area (Å²) in [5.74, 6) is 0.334. The lowest BCUT2D eigenvalue weighted by Gasteiger charge is -2.28. The number of ether oxygens (including phenoxy) is 1. The second-order valence-electron chi connectivity index (χ2n) is 6.29. The number of thiophene rings is 1. The molecule has 0 aliphatic rings. The first-order chi connectivity index (χ1) is 13.6. The molecule has 0 radical (unpaired) electrons. The highest BCUT2D eigenvalue weighted by Gasteiger charge is 2.28. The first-order valence-corrected chi connectivity index (χ1v) is 9.74. The molecular weight excluding hydrogens is 372 g/mol. The van der Waals surface area contributed by atoms with E-state index in [4.69, 9.17) is 4.74 Å². The highest BCUT2D eigenvalue weighted by molar-refractivity contribution is 7.10. The Morgan fingerprint density at radius 3 is 2.36 bits per heavy atom. The summed E-state index contributed by atoms with van der Waals surface area (Å²) in [6, 6.07) is 19.5. The van der Waals surface area contributed by atoms with Crippen LogP contribution in [0.25, 0.3) is 0 Å². The van der Waals surface area contributed by atoms with Crippen molar-refractivity contribution in [3.8, 4) is 5.75 Å². The molecule has 144 valence electrons. The Morgan fingerprint density at radius 2 is 1.75 bits per heavy atom. The molecule has 5 nitrogen and oxygen atoms in total. The Bertz CT molecular complexity index is 909. The van der Waals surface area contributed by atoms with Crippen LogP contribution in [0.1, 0.15) is 16.5 Å². The monoisotopic (exact) mass is 394 g/mol. The minimum Gasteiger partial charge on any atom is -0.497 e. The number of rotatable bonds is 7. The van der Waals surface area contributed by atoms with Crippen molar-refractivity contribution in [2.75, 3.05) is 19.5 Å². The third kappa shape index (κ3) is 4.78. The van der Waals surface area contributed by atoms with Crippen molar-refractivity contribution in [2.45, 2.75) is 12.5 Å². The van der Waals surface area contributed by atoms with Gasteiger partial charge in [0, 0.05) is 17.6 Å². The number of benzene rings is 2. The zero-order valence-electron chi connectivity index (χ0n) is 15.8. The van der Waals surface area contributed by atoms with Crippen LogP contribution in [0.3, 0.4) is 0 Å². The van der Waals surface area contributed by atoms with E-state index < -0.39 is 6.04 Å². The maximum Gasteiger partial charge on any atom is 0.251 e. The summed E-state index contributed by atoms with van der Waals surface area (Å²) in [6.45, 7) is 0. The van der Waals surface area contributed by atoms with Crippen LogP contribution in [-0.4, -0.2) is 30.9 Å². The second-order valence-corrected chi connectivity index (χ2v) is 7.32. The molecule has 2 aromatic carbocycles. The zero-order valence-corrected chi connectivity index (χ0v) is 16.6. The minimum atomic E-state index is -0.726. The van der Waals surface area contributed by atoms with Gasteiger partial charge in [-0.05, 0) is 41.3 Å². The third-order valence-corrected chi connectivity index (χ3v) is 5.28. The summed E-state index contributed by atoms with van der Waals surface area (Å²) in [5.41, 5.74) is 1.40. The van der Waals surface area contributed by atoms with Crippen molar-refractivity contribution < 1.29 is 14.3 Å². The minimum absolute atomic E-state index is 0.110.